The van der Waals surface area contributed by atoms with Crippen molar-refractivity contribution in [2.45, 2.75) is 25.1 Å². The summed E-state index contributed by atoms with van der Waals surface area (Å²) in [6.45, 7) is 0. The minimum atomic E-state index is -4.87. The van der Waals surface area contributed by atoms with Crippen molar-refractivity contribution in [3.05, 3.63) is 35.1 Å². The third-order valence-corrected chi connectivity index (χ3v) is 2.16. The molecule has 1 atom stereocenters. The van der Waals surface area contributed by atoms with Gasteiger partial charge >= 0.3 is 6.18 Å². The summed E-state index contributed by atoms with van der Waals surface area (Å²) in [5.74, 6) is -1.45. The lowest BCUT2D eigenvalue weighted by Gasteiger charge is -2.14. The van der Waals surface area contributed by atoms with Crippen molar-refractivity contribution in [1.29, 1.82) is 0 Å². The molecule has 0 amide bonds. The summed E-state index contributed by atoms with van der Waals surface area (Å²) < 4.78 is 73.9. The highest BCUT2D eigenvalue weighted by Gasteiger charge is 2.34. The van der Waals surface area contributed by atoms with Crippen LogP contribution < -0.4 is 5.73 Å². The van der Waals surface area contributed by atoms with Crippen LogP contribution in [0, 0.1) is 5.82 Å². The second kappa shape index (κ2) is 4.95. The number of rotatable bonds is 3. The van der Waals surface area contributed by atoms with E-state index in [9.17, 15) is 26.3 Å². The molecule has 0 aromatic heterocycles. The molecule has 0 radical (unpaired) electrons. The zero-order valence-electron chi connectivity index (χ0n) is 8.44. The molecular formula is C10H9F6N. The molecule has 0 spiro atoms. The second-order valence-corrected chi connectivity index (χ2v) is 3.47. The van der Waals surface area contributed by atoms with Crippen LogP contribution in [0.5, 0.6) is 0 Å². The standard InChI is InChI=1S/C10H9F6N/c11-7-2-1-5(8(17)4-9(12)13)3-6(7)10(14,15)16/h1-3,8-9H,4,17H2/t8-/m1/s1. The fraction of sp³-hybridized carbons (Fsp3) is 0.400. The molecule has 1 aromatic carbocycles. The molecule has 2 N–H and O–H groups in total. The predicted octanol–water partition coefficient (Wildman–Crippen LogP) is 3.50. The first kappa shape index (κ1) is 13.8. The molecule has 0 aliphatic heterocycles. The Morgan fingerprint density at radius 3 is 2.24 bits per heavy atom. The van der Waals surface area contributed by atoms with Crippen LogP contribution in [0.1, 0.15) is 23.6 Å². The molecule has 0 saturated carbocycles. The van der Waals surface area contributed by atoms with Crippen molar-refractivity contribution >= 4 is 0 Å². The van der Waals surface area contributed by atoms with Gasteiger partial charge in [0.1, 0.15) is 5.82 Å². The number of benzene rings is 1. The largest absolute Gasteiger partial charge is 0.419 e. The summed E-state index contributed by atoms with van der Waals surface area (Å²) in [4.78, 5) is 0. The molecule has 0 saturated heterocycles. The molecule has 0 bridgehead atoms. The van der Waals surface area contributed by atoms with E-state index in [2.05, 4.69) is 0 Å². The monoisotopic (exact) mass is 257 g/mol. The van der Waals surface area contributed by atoms with E-state index >= 15 is 0 Å². The van der Waals surface area contributed by atoms with E-state index in [1.165, 1.54) is 0 Å². The van der Waals surface area contributed by atoms with Crippen LogP contribution in [-0.2, 0) is 6.18 Å². The van der Waals surface area contributed by atoms with Crippen molar-refractivity contribution in [2.24, 2.45) is 5.73 Å². The average molecular weight is 257 g/mol. The van der Waals surface area contributed by atoms with Gasteiger partial charge in [0.2, 0.25) is 6.43 Å². The number of hydrogen-bond donors (Lipinski definition) is 1. The summed E-state index contributed by atoms with van der Waals surface area (Å²) in [7, 11) is 0. The van der Waals surface area contributed by atoms with E-state index in [-0.39, 0.29) is 5.56 Å². The molecule has 1 aromatic rings. The number of hydrogen-bond acceptors (Lipinski definition) is 1. The minimum Gasteiger partial charge on any atom is -0.324 e. The highest BCUT2D eigenvalue weighted by atomic mass is 19.4. The number of nitrogens with two attached hydrogens (primary N) is 1. The zero-order valence-corrected chi connectivity index (χ0v) is 8.44. The first-order valence-corrected chi connectivity index (χ1v) is 4.62. The van der Waals surface area contributed by atoms with Gasteiger partial charge in [0, 0.05) is 12.5 Å². The third-order valence-electron chi connectivity index (χ3n) is 2.16. The Hall–Kier alpha value is -1.24. The first-order valence-electron chi connectivity index (χ1n) is 4.62. The van der Waals surface area contributed by atoms with Crippen LogP contribution in [-0.4, -0.2) is 6.43 Å². The lowest BCUT2D eigenvalue weighted by Crippen LogP contribution is -2.16. The summed E-state index contributed by atoms with van der Waals surface area (Å²) in [6.07, 6.45) is -8.38. The molecule has 1 rings (SSSR count). The average Bonchev–Trinajstić information content (AvgIpc) is 2.15. The van der Waals surface area contributed by atoms with E-state index in [1.54, 1.807) is 0 Å². The Morgan fingerprint density at radius 2 is 1.76 bits per heavy atom. The number of halogens is 6. The Labute approximate surface area is 93.2 Å². The van der Waals surface area contributed by atoms with Crippen LogP contribution in [0.15, 0.2) is 18.2 Å². The van der Waals surface area contributed by atoms with Gasteiger partial charge in [-0.15, -0.1) is 0 Å². The van der Waals surface area contributed by atoms with Crippen LogP contribution in [0.25, 0.3) is 0 Å². The SMILES string of the molecule is N[C@H](CC(F)F)c1ccc(F)c(C(F)(F)F)c1. The minimum absolute atomic E-state index is 0.168. The van der Waals surface area contributed by atoms with E-state index < -0.39 is 36.4 Å². The normalized spacial score (nSPS) is 14.1. The Kier molecular flexibility index (Phi) is 4.03. The topological polar surface area (TPSA) is 26.0 Å². The third kappa shape index (κ3) is 3.62. The van der Waals surface area contributed by atoms with E-state index in [1.807, 2.05) is 0 Å². The van der Waals surface area contributed by atoms with Gasteiger partial charge in [-0.05, 0) is 17.7 Å². The fourth-order valence-electron chi connectivity index (χ4n) is 1.32. The molecule has 0 aliphatic carbocycles. The Bertz CT molecular complexity index is 387. The maximum absolute atomic E-state index is 12.9. The van der Waals surface area contributed by atoms with Gasteiger partial charge in [-0.25, -0.2) is 13.2 Å². The van der Waals surface area contributed by atoms with Gasteiger partial charge in [-0.1, -0.05) is 6.07 Å². The van der Waals surface area contributed by atoms with Crippen molar-refractivity contribution in [3.8, 4) is 0 Å². The van der Waals surface area contributed by atoms with Gasteiger partial charge in [-0.2, -0.15) is 13.2 Å². The molecule has 0 heterocycles. The highest BCUT2D eigenvalue weighted by molar-refractivity contribution is 5.29. The Morgan fingerprint density at radius 1 is 1.18 bits per heavy atom. The van der Waals surface area contributed by atoms with Crippen molar-refractivity contribution in [2.75, 3.05) is 0 Å². The Balaban J connectivity index is 3.04. The van der Waals surface area contributed by atoms with Crippen LogP contribution in [0.3, 0.4) is 0 Å². The molecular weight excluding hydrogens is 248 g/mol. The molecule has 7 heteroatoms. The summed E-state index contributed by atoms with van der Waals surface area (Å²) in [5.41, 5.74) is 3.62. The van der Waals surface area contributed by atoms with Crippen LogP contribution in [0.2, 0.25) is 0 Å². The van der Waals surface area contributed by atoms with Crippen molar-refractivity contribution < 1.29 is 26.3 Å². The lowest BCUT2D eigenvalue weighted by molar-refractivity contribution is -0.140. The molecule has 17 heavy (non-hydrogen) atoms. The van der Waals surface area contributed by atoms with E-state index in [4.69, 9.17) is 5.73 Å². The molecule has 0 aliphatic rings. The van der Waals surface area contributed by atoms with Gasteiger partial charge in [0.25, 0.3) is 0 Å². The maximum Gasteiger partial charge on any atom is 0.419 e. The zero-order chi connectivity index (χ0) is 13.2. The molecule has 96 valence electrons. The number of alkyl halides is 5. The predicted molar refractivity (Wildman–Crippen MR) is 49.0 cm³/mol. The molecule has 0 unspecified atom stereocenters. The second-order valence-electron chi connectivity index (χ2n) is 3.47. The van der Waals surface area contributed by atoms with Gasteiger partial charge < -0.3 is 5.73 Å². The summed E-state index contributed by atoms with van der Waals surface area (Å²) >= 11 is 0. The summed E-state index contributed by atoms with van der Waals surface area (Å²) in [6, 6.07) is 0.750. The van der Waals surface area contributed by atoms with E-state index in [0.717, 1.165) is 6.07 Å². The quantitative estimate of drug-likeness (QED) is 0.824. The fourth-order valence-corrected chi connectivity index (χ4v) is 1.32. The van der Waals surface area contributed by atoms with Crippen molar-refractivity contribution in [3.63, 3.8) is 0 Å². The van der Waals surface area contributed by atoms with Gasteiger partial charge in [0.05, 0.1) is 5.56 Å². The lowest BCUT2D eigenvalue weighted by atomic mass is 10.0. The molecule has 0 fully saturated rings. The molecule has 1 nitrogen and oxygen atoms in total. The van der Waals surface area contributed by atoms with Crippen molar-refractivity contribution in [1.82, 2.24) is 0 Å². The first-order chi connectivity index (χ1) is 7.71. The van der Waals surface area contributed by atoms with Crippen LogP contribution >= 0.6 is 0 Å². The van der Waals surface area contributed by atoms with Gasteiger partial charge in [0.15, 0.2) is 0 Å². The van der Waals surface area contributed by atoms with Gasteiger partial charge in [-0.3, -0.25) is 0 Å². The van der Waals surface area contributed by atoms with E-state index in [0.29, 0.717) is 12.1 Å². The van der Waals surface area contributed by atoms with Crippen LogP contribution in [0.4, 0.5) is 26.3 Å². The highest BCUT2D eigenvalue weighted by Crippen LogP contribution is 2.33. The maximum atomic E-state index is 12.9. The summed E-state index contributed by atoms with van der Waals surface area (Å²) in [5, 5.41) is 0. The smallest absolute Gasteiger partial charge is 0.324 e.